The average Bonchev–Trinajstić information content (AvgIpc) is 2.76. The molecule has 0 saturated heterocycles. The summed E-state index contributed by atoms with van der Waals surface area (Å²) in [5, 5.41) is 0. The van der Waals surface area contributed by atoms with Crippen LogP contribution < -0.4 is 15.2 Å². The molecule has 0 aliphatic rings. The van der Waals surface area contributed by atoms with Crippen LogP contribution in [0.1, 0.15) is 9.67 Å². The van der Waals surface area contributed by atoms with Crippen LogP contribution in [-0.4, -0.2) is 18.1 Å². The Morgan fingerprint density at radius 3 is 2.47 bits per heavy atom. The number of nitrogen functional groups attached to an aromatic ring is 1. The highest BCUT2D eigenvalue weighted by Gasteiger charge is 2.14. The summed E-state index contributed by atoms with van der Waals surface area (Å²) in [5.41, 5.74) is 7.02. The van der Waals surface area contributed by atoms with Crippen LogP contribution in [0.25, 0.3) is 0 Å². The molecule has 0 aliphatic heterocycles. The van der Waals surface area contributed by atoms with Gasteiger partial charge in [0, 0.05) is 0 Å². The quantitative estimate of drug-likeness (QED) is 0.665. The second-order valence-corrected chi connectivity index (χ2v) is 3.99. The molecule has 0 unspecified atom stereocenters. The van der Waals surface area contributed by atoms with Crippen molar-refractivity contribution in [3.05, 3.63) is 34.7 Å². The Balaban J connectivity index is 2.10. The van der Waals surface area contributed by atoms with E-state index < -0.39 is 5.97 Å². The summed E-state index contributed by atoms with van der Waals surface area (Å²) in [6, 6.07) is 6.71. The fraction of sp³-hybridized carbons (Fsp3) is 0.0909. The third-order valence-corrected chi connectivity index (χ3v) is 2.87. The van der Waals surface area contributed by atoms with Crippen molar-refractivity contribution in [1.29, 1.82) is 0 Å². The lowest BCUT2D eigenvalue weighted by molar-refractivity contribution is 0.0740. The van der Waals surface area contributed by atoms with Gasteiger partial charge in [-0.3, -0.25) is 0 Å². The van der Waals surface area contributed by atoms with Crippen molar-refractivity contribution in [2.75, 3.05) is 12.8 Å². The number of nitrogens with zero attached hydrogens (tertiary/aromatic N) is 1. The number of hydrogen-bond acceptors (Lipinski definition) is 6. The van der Waals surface area contributed by atoms with Crippen molar-refractivity contribution in [3.8, 4) is 11.5 Å². The zero-order valence-corrected chi connectivity index (χ0v) is 9.86. The number of benzene rings is 1. The van der Waals surface area contributed by atoms with E-state index in [0.717, 1.165) is 11.3 Å². The summed E-state index contributed by atoms with van der Waals surface area (Å²) >= 11 is 1.15. The average molecular weight is 250 g/mol. The lowest BCUT2D eigenvalue weighted by atomic mass is 10.3. The first-order valence-corrected chi connectivity index (χ1v) is 5.64. The molecule has 2 N–H and O–H groups in total. The third kappa shape index (κ3) is 2.54. The van der Waals surface area contributed by atoms with Crippen LogP contribution in [0, 0.1) is 0 Å². The molecular formula is C11H10N2O3S. The summed E-state index contributed by atoms with van der Waals surface area (Å²) in [5.74, 6) is 0.814. The van der Waals surface area contributed by atoms with Crippen LogP contribution in [0.4, 0.5) is 5.82 Å². The molecule has 88 valence electrons. The molecule has 0 saturated carbocycles. The van der Waals surface area contributed by atoms with Gasteiger partial charge in [0.05, 0.1) is 12.6 Å². The third-order valence-electron chi connectivity index (χ3n) is 2.05. The van der Waals surface area contributed by atoms with Gasteiger partial charge >= 0.3 is 5.97 Å². The van der Waals surface area contributed by atoms with Crippen LogP contribution in [0.15, 0.2) is 29.8 Å². The molecule has 0 radical (unpaired) electrons. The molecule has 2 aromatic rings. The Bertz CT molecular complexity index is 522. The molecule has 6 heteroatoms. The van der Waals surface area contributed by atoms with Gasteiger partial charge in [0.1, 0.15) is 17.3 Å². The SMILES string of the molecule is COc1ccc(OC(=O)c2scnc2N)cc1. The maximum atomic E-state index is 11.7. The Labute approximate surface area is 102 Å². The number of carbonyl (C=O) groups is 1. The fourth-order valence-corrected chi connectivity index (χ4v) is 1.79. The molecule has 0 amide bonds. The van der Waals surface area contributed by atoms with Gasteiger partial charge in [-0.1, -0.05) is 0 Å². The first kappa shape index (κ1) is 11.4. The predicted molar refractivity (Wildman–Crippen MR) is 64.5 cm³/mol. The van der Waals surface area contributed by atoms with Gasteiger partial charge in [-0.25, -0.2) is 9.78 Å². The number of nitrogens with two attached hydrogens (primary N) is 1. The molecule has 2 rings (SSSR count). The van der Waals surface area contributed by atoms with E-state index in [2.05, 4.69) is 4.98 Å². The van der Waals surface area contributed by atoms with Crippen LogP contribution in [-0.2, 0) is 0 Å². The maximum absolute atomic E-state index is 11.7. The molecule has 0 spiro atoms. The zero-order valence-electron chi connectivity index (χ0n) is 9.04. The van der Waals surface area contributed by atoms with E-state index in [0.29, 0.717) is 16.4 Å². The minimum atomic E-state index is -0.504. The second-order valence-electron chi connectivity index (χ2n) is 3.13. The Morgan fingerprint density at radius 1 is 1.29 bits per heavy atom. The Hall–Kier alpha value is -2.08. The number of ether oxygens (including phenoxy) is 2. The van der Waals surface area contributed by atoms with Crippen LogP contribution >= 0.6 is 11.3 Å². The first-order valence-electron chi connectivity index (χ1n) is 4.76. The largest absolute Gasteiger partial charge is 0.497 e. The normalized spacial score (nSPS) is 9.94. The summed E-state index contributed by atoms with van der Waals surface area (Å²) in [7, 11) is 1.57. The van der Waals surface area contributed by atoms with Crippen molar-refractivity contribution in [3.63, 3.8) is 0 Å². The minimum Gasteiger partial charge on any atom is -0.497 e. The summed E-state index contributed by atoms with van der Waals surface area (Å²) in [6.45, 7) is 0. The Kier molecular flexibility index (Phi) is 3.24. The molecule has 0 fully saturated rings. The van der Waals surface area contributed by atoms with Gasteiger partial charge in [0.25, 0.3) is 0 Å². The lowest BCUT2D eigenvalue weighted by Crippen LogP contribution is -2.08. The second kappa shape index (κ2) is 4.84. The zero-order chi connectivity index (χ0) is 12.3. The van der Waals surface area contributed by atoms with E-state index in [-0.39, 0.29) is 5.82 Å². The van der Waals surface area contributed by atoms with E-state index in [9.17, 15) is 4.79 Å². The summed E-state index contributed by atoms with van der Waals surface area (Å²) in [6.07, 6.45) is 0. The van der Waals surface area contributed by atoms with Crippen LogP contribution in [0.5, 0.6) is 11.5 Å². The number of methoxy groups -OCH3 is 1. The van der Waals surface area contributed by atoms with Gasteiger partial charge in [-0.15, -0.1) is 11.3 Å². The fourth-order valence-electron chi connectivity index (χ4n) is 1.20. The monoisotopic (exact) mass is 250 g/mol. The van der Waals surface area contributed by atoms with Gasteiger partial charge in [0.2, 0.25) is 0 Å². The van der Waals surface area contributed by atoms with Gasteiger partial charge < -0.3 is 15.2 Å². The highest BCUT2D eigenvalue weighted by molar-refractivity contribution is 7.12. The van der Waals surface area contributed by atoms with Crippen molar-refractivity contribution in [2.45, 2.75) is 0 Å². The highest BCUT2D eigenvalue weighted by Crippen LogP contribution is 2.21. The lowest BCUT2D eigenvalue weighted by Gasteiger charge is -2.04. The van der Waals surface area contributed by atoms with Crippen LogP contribution in [0.2, 0.25) is 0 Å². The van der Waals surface area contributed by atoms with Crippen molar-refractivity contribution >= 4 is 23.1 Å². The molecule has 1 aromatic carbocycles. The van der Waals surface area contributed by atoms with Crippen molar-refractivity contribution in [2.24, 2.45) is 0 Å². The summed E-state index contributed by atoms with van der Waals surface area (Å²) < 4.78 is 10.1. The van der Waals surface area contributed by atoms with E-state index in [1.165, 1.54) is 5.51 Å². The topological polar surface area (TPSA) is 74.4 Å². The standard InChI is InChI=1S/C11H10N2O3S/c1-15-7-2-4-8(5-3-7)16-11(14)9-10(12)13-6-17-9/h2-6H,12H2,1H3. The predicted octanol–water partition coefficient (Wildman–Crippen LogP) is 1.95. The van der Waals surface area contributed by atoms with E-state index in [1.54, 1.807) is 31.4 Å². The summed E-state index contributed by atoms with van der Waals surface area (Å²) in [4.78, 5) is 15.8. The molecule has 1 heterocycles. The molecule has 5 nitrogen and oxygen atoms in total. The molecule has 0 bridgehead atoms. The van der Waals surface area contributed by atoms with Crippen molar-refractivity contribution < 1.29 is 14.3 Å². The van der Waals surface area contributed by atoms with E-state index >= 15 is 0 Å². The number of thiazole rings is 1. The smallest absolute Gasteiger partial charge is 0.357 e. The molecule has 17 heavy (non-hydrogen) atoms. The molecular weight excluding hydrogens is 240 g/mol. The van der Waals surface area contributed by atoms with Gasteiger partial charge in [-0.2, -0.15) is 0 Å². The van der Waals surface area contributed by atoms with Crippen molar-refractivity contribution in [1.82, 2.24) is 4.98 Å². The molecule has 1 aromatic heterocycles. The van der Waals surface area contributed by atoms with E-state index in [4.69, 9.17) is 15.2 Å². The number of esters is 1. The maximum Gasteiger partial charge on any atom is 0.357 e. The first-order chi connectivity index (χ1) is 8.20. The van der Waals surface area contributed by atoms with Crippen LogP contribution in [0.3, 0.4) is 0 Å². The number of anilines is 1. The number of carbonyl (C=O) groups excluding carboxylic acids is 1. The highest BCUT2D eigenvalue weighted by atomic mass is 32.1. The minimum absolute atomic E-state index is 0.188. The van der Waals surface area contributed by atoms with Gasteiger partial charge in [-0.05, 0) is 24.3 Å². The molecule has 0 aliphatic carbocycles. The molecule has 0 atom stereocenters. The van der Waals surface area contributed by atoms with E-state index in [1.807, 2.05) is 0 Å². The Morgan fingerprint density at radius 2 is 1.94 bits per heavy atom. The number of aromatic nitrogens is 1. The number of rotatable bonds is 3. The number of hydrogen-bond donors (Lipinski definition) is 1. The van der Waals surface area contributed by atoms with Gasteiger partial charge in [0.15, 0.2) is 4.88 Å².